The fourth-order valence-electron chi connectivity index (χ4n) is 3.27. The van der Waals surface area contributed by atoms with Crippen LogP contribution in [0.2, 0.25) is 0 Å². The van der Waals surface area contributed by atoms with Gasteiger partial charge in [-0.2, -0.15) is 4.31 Å². The molecule has 4 rings (SSSR count). The van der Waals surface area contributed by atoms with Gasteiger partial charge in [0.2, 0.25) is 21.9 Å². The van der Waals surface area contributed by atoms with Gasteiger partial charge in [-0.1, -0.05) is 42.1 Å². The standard InChI is InChI=1S/C21H24N6O4S2/c22-20-24-25-21(32-15-16-4-2-1-3-5-16)27(20)14-19(28)23-17-6-8-18(9-7-17)33(29,30)26-10-12-31-13-11-26/h1-9H,10-15H2,(H2,22,24)(H,23,28). The van der Waals surface area contributed by atoms with Gasteiger partial charge < -0.3 is 15.8 Å². The van der Waals surface area contributed by atoms with E-state index < -0.39 is 10.0 Å². The minimum absolute atomic E-state index is 0.0657. The van der Waals surface area contributed by atoms with Crippen LogP contribution in [0.4, 0.5) is 11.6 Å². The molecule has 10 nitrogen and oxygen atoms in total. The molecule has 0 saturated carbocycles. The summed E-state index contributed by atoms with van der Waals surface area (Å²) in [7, 11) is -3.59. The number of rotatable bonds is 8. The lowest BCUT2D eigenvalue weighted by molar-refractivity contribution is -0.116. The van der Waals surface area contributed by atoms with Crippen molar-refractivity contribution < 1.29 is 17.9 Å². The van der Waals surface area contributed by atoms with Crippen LogP contribution in [0.25, 0.3) is 0 Å². The number of carbonyl (C=O) groups excluding carboxylic acids is 1. The van der Waals surface area contributed by atoms with Crippen molar-refractivity contribution in [3.05, 3.63) is 60.2 Å². The predicted octanol–water partition coefficient (Wildman–Crippen LogP) is 1.81. The van der Waals surface area contributed by atoms with Crippen molar-refractivity contribution in [1.82, 2.24) is 19.1 Å². The molecule has 1 amide bonds. The van der Waals surface area contributed by atoms with Gasteiger partial charge in [-0.15, -0.1) is 10.2 Å². The Labute approximate surface area is 196 Å². The van der Waals surface area contributed by atoms with Gasteiger partial charge >= 0.3 is 0 Å². The van der Waals surface area contributed by atoms with Crippen molar-refractivity contribution >= 4 is 39.3 Å². The molecule has 1 saturated heterocycles. The largest absolute Gasteiger partial charge is 0.379 e. The number of hydrogen-bond acceptors (Lipinski definition) is 8. The fraction of sp³-hybridized carbons (Fsp3) is 0.286. The number of nitrogens with one attached hydrogen (secondary N) is 1. The lowest BCUT2D eigenvalue weighted by atomic mass is 10.2. The molecule has 0 unspecified atom stereocenters. The summed E-state index contributed by atoms with van der Waals surface area (Å²) in [6, 6.07) is 16.0. The average Bonchev–Trinajstić information content (AvgIpc) is 3.18. The topological polar surface area (TPSA) is 132 Å². The monoisotopic (exact) mass is 488 g/mol. The summed E-state index contributed by atoms with van der Waals surface area (Å²) >= 11 is 1.44. The van der Waals surface area contributed by atoms with Gasteiger partial charge in [-0.25, -0.2) is 8.42 Å². The number of nitrogens with two attached hydrogens (primary N) is 1. The van der Waals surface area contributed by atoms with Crippen LogP contribution in [0.15, 0.2) is 64.6 Å². The van der Waals surface area contributed by atoms with E-state index in [-0.39, 0.29) is 23.3 Å². The fourth-order valence-corrected chi connectivity index (χ4v) is 5.58. The van der Waals surface area contributed by atoms with E-state index in [9.17, 15) is 13.2 Å². The Balaban J connectivity index is 1.38. The van der Waals surface area contributed by atoms with Gasteiger partial charge in [0.05, 0.1) is 18.1 Å². The highest BCUT2D eigenvalue weighted by molar-refractivity contribution is 7.98. The number of amides is 1. The molecule has 0 bridgehead atoms. The van der Waals surface area contributed by atoms with Crippen molar-refractivity contribution in [2.75, 3.05) is 37.4 Å². The molecule has 0 atom stereocenters. The molecule has 1 aliphatic rings. The third kappa shape index (κ3) is 5.71. The van der Waals surface area contributed by atoms with Crippen LogP contribution in [-0.4, -0.2) is 59.7 Å². The van der Waals surface area contributed by atoms with Gasteiger partial charge in [0.25, 0.3) is 0 Å². The van der Waals surface area contributed by atoms with E-state index in [2.05, 4.69) is 15.5 Å². The van der Waals surface area contributed by atoms with Crippen molar-refractivity contribution in [1.29, 1.82) is 0 Å². The highest BCUT2D eigenvalue weighted by Gasteiger charge is 2.26. The Hall–Kier alpha value is -2.93. The first-order valence-corrected chi connectivity index (χ1v) is 12.7. The molecule has 0 radical (unpaired) electrons. The van der Waals surface area contributed by atoms with Crippen LogP contribution in [0.1, 0.15) is 5.56 Å². The zero-order valence-electron chi connectivity index (χ0n) is 17.8. The second kappa shape index (κ2) is 10.3. The second-order valence-corrected chi connectivity index (χ2v) is 10.2. The van der Waals surface area contributed by atoms with Crippen LogP contribution in [-0.2, 0) is 31.9 Å². The number of hydrogen-bond donors (Lipinski definition) is 2. The SMILES string of the molecule is Nc1nnc(SCc2ccccc2)n1CC(=O)Nc1ccc(S(=O)(=O)N2CCOCC2)cc1. The minimum Gasteiger partial charge on any atom is -0.379 e. The number of carbonyl (C=O) groups is 1. The van der Waals surface area contributed by atoms with E-state index in [1.807, 2.05) is 30.3 Å². The number of anilines is 2. The smallest absolute Gasteiger partial charge is 0.244 e. The molecule has 2 aromatic carbocycles. The first-order valence-electron chi connectivity index (χ1n) is 10.3. The molecular formula is C21H24N6O4S2. The van der Waals surface area contributed by atoms with Gasteiger partial charge in [0.1, 0.15) is 6.54 Å². The zero-order chi connectivity index (χ0) is 23.3. The number of morpholine rings is 1. The second-order valence-electron chi connectivity index (χ2n) is 7.29. The molecule has 3 aromatic rings. The molecule has 174 valence electrons. The normalized spacial score (nSPS) is 14.8. The number of nitrogen functional groups attached to an aromatic ring is 1. The van der Waals surface area contributed by atoms with E-state index in [0.717, 1.165) is 5.56 Å². The molecule has 0 spiro atoms. The quantitative estimate of drug-likeness (QED) is 0.459. The van der Waals surface area contributed by atoms with Crippen molar-refractivity contribution in [3.8, 4) is 0 Å². The lowest BCUT2D eigenvalue weighted by Gasteiger charge is -2.26. The van der Waals surface area contributed by atoms with Gasteiger partial charge in [-0.3, -0.25) is 9.36 Å². The zero-order valence-corrected chi connectivity index (χ0v) is 19.4. The highest BCUT2D eigenvalue weighted by atomic mass is 32.2. The van der Waals surface area contributed by atoms with Crippen LogP contribution < -0.4 is 11.1 Å². The lowest BCUT2D eigenvalue weighted by Crippen LogP contribution is -2.40. The number of nitrogens with zero attached hydrogens (tertiary/aromatic N) is 4. The van der Waals surface area contributed by atoms with Gasteiger partial charge in [-0.05, 0) is 29.8 Å². The van der Waals surface area contributed by atoms with E-state index in [0.29, 0.717) is 42.9 Å². The van der Waals surface area contributed by atoms with Gasteiger partial charge in [0, 0.05) is 24.5 Å². The third-order valence-electron chi connectivity index (χ3n) is 5.00. The van der Waals surface area contributed by atoms with Gasteiger partial charge in [0.15, 0.2) is 5.16 Å². The van der Waals surface area contributed by atoms with Crippen molar-refractivity contribution in [3.63, 3.8) is 0 Å². The maximum absolute atomic E-state index is 12.7. The molecule has 3 N–H and O–H groups in total. The van der Waals surface area contributed by atoms with E-state index in [4.69, 9.17) is 10.5 Å². The molecule has 33 heavy (non-hydrogen) atoms. The number of sulfonamides is 1. The Morgan fingerprint density at radius 2 is 1.76 bits per heavy atom. The number of aromatic nitrogens is 3. The first-order chi connectivity index (χ1) is 15.9. The molecule has 1 fully saturated rings. The summed E-state index contributed by atoms with van der Waals surface area (Å²) in [5, 5.41) is 11.2. The summed E-state index contributed by atoms with van der Waals surface area (Å²) in [6.07, 6.45) is 0. The molecule has 0 aliphatic carbocycles. The van der Waals surface area contributed by atoms with Crippen LogP contribution in [0.3, 0.4) is 0 Å². The van der Waals surface area contributed by atoms with Crippen LogP contribution >= 0.6 is 11.8 Å². The number of benzene rings is 2. The summed E-state index contributed by atoms with van der Waals surface area (Å²) in [6.45, 7) is 1.35. The Bertz CT molecular complexity index is 1190. The number of ether oxygens (including phenoxy) is 1. The van der Waals surface area contributed by atoms with Crippen molar-refractivity contribution in [2.45, 2.75) is 22.3 Å². The Morgan fingerprint density at radius 3 is 2.45 bits per heavy atom. The molecule has 12 heteroatoms. The van der Waals surface area contributed by atoms with E-state index in [1.165, 1.54) is 28.2 Å². The van der Waals surface area contributed by atoms with Crippen LogP contribution in [0, 0.1) is 0 Å². The minimum atomic E-state index is -3.59. The highest BCUT2D eigenvalue weighted by Crippen LogP contribution is 2.23. The van der Waals surface area contributed by atoms with Crippen LogP contribution in [0.5, 0.6) is 0 Å². The Morgan fingerprint density at radius 1 is 1.06 bits per heavy atom. The third-order valence-corrected chi connectivity index (χ3v) is 7.95. The molecule has 2 heterocycles. The summed E-state index contributed by atoms with van der Waals surface area (Å²) in [4.78, 5) is 12.8. The van der Waals surface area contributed by atoms with E-state index >= 15 is 0 Å². The maximum Gasteiger partial charge on any atom is 0.244 e. The summed E-state index contributed by atoms with van der Waals surface area (Å²) < 4.78 is 33.6. The predicted molar refractivity (Wildman–Crippen MR) is 125 cm³/mol. The molecule has 1 aromatic heterocycles. The summed E-state index contributed by atoms with van der Waals surface area (Å²) in [5.74, 6) is 0.485. The van der Waals surface area contributed by atoms with E-state index in [1.54, 1.807) is 16.7 Å². The average molecular weight is 489 g/mol. The molecule has 1 aliphatic heterocycles. The molecular weight excluding hydrogens is 464 g/mol. The summed E-state index contributed by atoms with van der Waals surface area (Å²) in [5.41, 5.74) is 7.50. The number of thioether (sulfide) groups is 1. The van der Waals surface area contributed by atoms with Crippen molar-refractivity contribution in [2.24, 2.45) is 0 Å². The first kappa shape index (κ1) is 23.2. The maximum atomic E-state index is 12.7. The Kier molecular flexibility index (Phi) is 7.28.